The molecule has 0 saturated heterocycles. The van der Waals surface area contributed by atoms with E-state index in [-0.39, 0.29) is 5.25 Å². The van der Waals surface area contributed by atoms with Gasteiger partial charge in [-0.1, -0.05) is 0 Å². The van der Waals surface area contributed by atoms with E-state index in [0.29, 0.717) is 6.54 Å². The lowest BCUT2D eigenvalue weighted by Gasteiger charge is -2.07. The minimum atomic E-state index is -0.899. The molecule has 5 heteroatoms. The molecule has 2 unspecified atom stereocenters. The average molecular weight is 179 g/mol. The number of alkyl carbamates (subject to hydrolysis) is 1. The number of hydrogen-bond donors (Lipinski definition) is 1. The summed E-state index contributed by atoms with van der Waals surface area (Å²) in [5.41, 5.74) is 0. The molecule has 0 bridgehead atoms. The van der Waals surface area contributed by atoms with Crippen molar-refractivity contribution in [2.45, 2.75) is 12.2 Å². The molecule has 0 radical (unpaired) electrons. The van der Waals surface area contributed by atoms with Crippen molar-refractivity contribution in [3.63, 3.8) is 0 Å². The van der Waals surface area contributed by atoms with Crippen molar-refractivity contribution in [1.82, 2.24) is 5.32 Å². The smallest absolute Gasteiger partial charge is 0.406 e. The van der Waals surface area contributed by atoms with Crippen LogP contribution < -0.4 is 5.32 Å². The molecule has 0 aliphatic rings. The molecule has 0 aromatic rings. The first kappa shape index (κ1) is 10.4. The number of nitrogens with one attached hydrogen (secondary N) is 1. The zero-order valence-electron chi connectivity index (χ0n) is 6.92. The maximum Gasteiger partial charge on any atom is 0.406 e. The van der Waals surface area contributed by atoms with Gasteiger partial charge in [-0.05, 0) is 6.92 Å². The molecule has 0 spiro atoms. The second-order valence-electron chi connectivity index (χ2n) is 2.18. The van der Waals surface area contributed by atoms with E-state index >= 15 is 0 Å². The second kappa shape index (κ2) is 5.12. The van der Waals surface area contributed by atoms with Gasteiger partial charge in [-0.25, -0.2) is 4.79 Å². The summed E-state index contributed by atoms with van der Waals surface area (Å²) < 4.78 is 15.1. The highest BCUT2D eigenvalue weighted by atomic mass is 32.2. The van der Waals surface area contributed by atoms with Crippen LogP contribution in [0.15, 0.2) is 0 Å². The van der Waals surface area contributed by atoms with Gasteiger partial charge in [-0.3, -0.25) is 4.21 Å². The maximum atomic E-state index is 10.8. The van der Waals surface area contributed by atoms with E-state index in [1.165, 1.54) is 7.11 Å². The summed E-state index contributed by atoms with van der Waals surface area (Å²) in [6.07, 6.45) is 1.12. The molecule has 1 N–H and O–H groups in total. The minimum absolute atomic E-state index is 0.0332. The fourth-order valence-corrected chi connectivity index (χ4v) is 0.735. The van der Waals surface area contributed by atoms with E-state index in [2.05, 4.69) is 10.1 Å². The third-order valence-corrected chi connectivity index (χ3v) is 2.59. The Morgan fingerprint density at radius 1 is 1.73 bits per heavy atom. The lowest BCUT2D eigenvalue weighted by atomic mass is 10.5. The third kappa shape index (κ3) is 4.78. The van der Waals surface area contributed by atoms with Gasteiger partial charge in [0.05, 0.1) is 7.11 Å². The van der Waals surface area contributed by atoms with E-state index < -0.39 is 16.9 Å². The first-order valence-corrected chi connectivity index (χ1v) is 4.84. The van der Waals surface area contributed by atoms with Gasteiger partial charge in [0.1, 0.15) is 0 Å². The van der Waals surface area contributed by atoms with Crippen molar-refractivity contribution in [1.29, 1.82) is 0 Å². The van der Waals surface area contributed by atoms with E-state index in [1.807, 2.05) is 0 Å². The number of hydrogen-bond acceptors (Lipinski definition) is 3. The van der Waals surface area contributed by atoms with Crippen molar-refractivity contribution < 1.29 is 13.7 Å². The van der Waals surface area contributed by atoms with Crippen LogP contribution in [-0.2, 0) is 15.5 Å². The highest BCUT2D eigenvalue weighted by molar-refractivity contribution is 7.84. The quantitative estimate of drug-likeness (QED) is 0.669. The van der Waals surface area contributed by atoms with Crippen LogP contribution >= 0.6 is 0 Å². The Morgan fingerprint density at radius 3 is 2.64 bits per heavy atom. The van der Waals surface area contributed by atoms with Crippen molar-refractivity contribution in [2.24, 2.45) is 0 Å². The standard InChI is InChI=1S/C6H13NO3S/c1-5(11(3)9)4-7-6(8)10-2/h5H,4H2,1-3H3,(H,7,8). The summed E-state index contributed by atoms with van der Waals surface area (Å²) in [5.74, 6) is 0. The van der Waals surface area contributed by atoms with Crippen LogP contribution in [0.2, 0.25) is 0 Å². The first-order valence-electron chi connectivity index (χ1n) is 3.22. The maximum absolute atomic E-state index is 10.8. The molecule has 11 heavy (non-hydrogen) atoms. The normalized spacial score (nSPS) is 15.2. The summed E-state index contributed by atoms with van der Waals surface area (Å²) in [5, 5.41) is 2.43. The Balaban J connectivity index is 3.54. The lowest BCUT2D eigenvalue weighted by Crippen LogP contribution is -2.32. The Kier molecular flexibility index (Phi) is 4.85. The molecular formula is C6H13NO3S. The predicted molar refractivity (Wildman–Crippen MR) is 43.9 cm³/mol. The van der Waals surface area contributed by atoms with E-state index in [9.17, 15) is 9.00 Å². The van der Waals surface area contributed by atoms with Crippen LogP contribution in [0.5, 0.6) is 0 Å². The van der Waals surface area contributed by atoms with Gasteiger partial charge in [0.25, 0.3) is 0 Å². The zero-order valence-corrected chi connectivity index (χ0v) is 7.73. The van der Waals surface area contributed by atoms with Crippen LogP contribution in [0.4, 0.5) is 4.79 Å². The van der Waals surface area contributed by atoms with Crippen LogP contribution in [0.1, 0.15) is 6.92 Å². The number of carbonyl (C=O) groups excluding carboxylic acids is 1. The summed E-state index contributed by atoms with van der Waals surface area (Å²) in [7, 11) is 0.396. The fourth-order valence-electron chi connectivity index (χ4n) is 0.417. The largest absolute Gasteiger partial charge is 0.453 e. The van der Waals surface area contributed by atoms with Gasteiger partial charge >= 0.3 is 6.09 Å². The molecule has 0 aliphatic carbocycles. The molecule has 0 aliphatic heterocycles. The fraction of sp³-hybridized carbons (Fsp3) is 0.833. The van der Waals surface area contributed by atoms with Crippen molar-refractivity contribution in [2.75, 3.05) is 19.9 Å². The molecule has 66 valence electrons. The Hall–Kier alpha value is -0.580. The summed E-state index contributed by atoms with van der Waals surface area (Å²) in [6, 6.07) is 0. The first-order chi connectivity index (χ1) is 5.07. The number of rotatable bonds is 3. The molecule has 0 aromatic carbocycles. The van der Waals surface area contributed by atoms with Crippen molar-refractivity contribution >= 4 is 16.9 Å². The van der Waals surface area contributed by atoms with Gasteiger partial charge < -0.3 is 10.1 Å². The Bertz CT molecular complexity index is 160. The Morgan fingerprint density at radius 2 is 2.27 bits per heavy atom. The topological polar surface area (TPSA) is 55.4 Å². The number of ether oxygens (including phenoxy) is 1. The molecular weight excluding hydrogens is 166 g/mol. The van der Waals surface area contributed by atoms with E-state index in [1.54, 1.807) is 13.2 Å². The number of methoxy groups -OCH3 is 1. The van der Waals surface area contributed by atoms with Gasteiger partial charge in [0.15, 0.2) is 0 Å². The van der Waals surface area contributed by atoms with Gasteiger partial charge in [0.2, 0.25) is 0 Å². The van der Waals surface area contributed by atoms with Crippen LogP contribution in [0, 0.1) is 0 Å². The molecule has 0 heterocycles. The lowest BCUT2D eigenvalue weighted by molar-refractivity contribution is 0.171. The third-order valence-electron chi connectivity index (χ3n) is 1.29. The van der Waals surface area contributed by atoms with Crippen LogP contribution in [0.25, 0.3) is 0 Å². The predicted octanol–water partition coefficient (Wildman–Crippen LogP) is 0.109. The highest BCUT2D eigenvalue weighted by Gasteiger charge is 2.07. The SMILES string of the molecule is COC(=O)NCC(C)S(C)=O. The van der Waals surface area contributed by atoms with Gasteiger partial charge in [-0.15, -0.1) is 0 Å². The number of amides is 1. The molecule has 0 rings (SSSR count). The monoisotopic (exact) mass is 179 g/mol. The summed E-state index contributed by atoms with van der Waals surface area (Å²) in [6.45, 7) is 2.18. The molecule has 0 saturated carbocycles. The summed E-state index contributed by atoms with van der Waals surface area (Å²) in [4.78, 5) is 10.5. The molecule has 0 fully saturated rings. The number of carbonyl (C=O) groups is 1. The average Bonchev–Trinajstić information content (AvgIpc) is 1.99. The minimum Gasteiger partial charge on any atom is -0.453 e. The molecule has 2 atom stereocenters. The van der Waals surface area contributed by atoms with Crippen molar-refractivity contribution in [3.8, 4) is 0 Å². The van der Waals surface area contributed by atoms with Crippen LogP contribution in [0.3, 0.4) is 0 Å². The highest BCUT2D eigenvalue weighted by Crippen LogP contribution is 1.89. The van der Waals surface area contributed by atoms with Crippen LogP contribution in [-0.4, -0.2) is 35.5 Å². The molecule has 1 amide bonds. The van der Waals surface area contributed by atoms with E-state index in [4.69, 9.17) is 0 Å². The molecule has 0 aromatic heterocycles. The van der Waals surface area contributed by atoms with Crippen molar-refractivity contribution in [3.05, 3.63) is 0 Å². The van der Waals surface area contributed by atoms with Gasteiger partial charge in [-0.2, -0.15) is 0 Å². The zero-order chi connectivity index (χ0) is 8.85. The van der Waals surface area contributed by atoms with Gasteiger partial charge in [0, 0.05) is 28.9 Å². The van der Waals surface area contributed by atoms with E-state index in [0.717, 1.165) is 0 Å². The summed E-state index contributed by atoms with van der Waals surface area (Å²) >= 11 is 0. The Labute approximate surface area is 68.8 Å². The molecule has 4 nitrogen and oxygen atoms in total. The second-order valence-corrected chi connectivity index (χ2v) is 3.98.